The maximum atomic E-state index is 12.5. The number of nitrogens with one attached hydrogen (secondary N) is 2. The quantitative estimate of drug-likeness (QED) is 0.768. The van der Waals surface area contributed by atoms with Crippen LogP contribution in [0.2, 0.25) is 0 Å². The first-order chi connectivity index (χ1) is 12.2. The van der Waals surface area contributed by atoms with Crippen molar-refractivity contribution in [1.29, 1.82) is 0 Å². The highest BCUT2D eigenvalue weighted by Gasteiger charge is 2.23. The number of hydrogen-bond acceptors (Lipinski definition) is 4. The summed E-state index contributed by atoms with van der Waals surface area (Å²) in [6, 6.07) is 10.9. The fourth-order valence-corrected chi connectivity index (χ4v) is 3.48. The van der Waals surface area contributed by atoms with Crippen LogP contribution in [0.15, 0.2) is 41.2 Å². The van der Waals surface area contributed by atoms with E-state index in [2.05, 4.69) is 25.1 Å². The summed E-state index contributed by atoms with van der Waals surface area (Å²) >= 11 is 0. The van der Waals surface area contributed by atoms with E-state index in [0.717, 1.165) is 23.9 Å². The topological polar surface area (TPSA) is 92.7 Å². The molecule has 2 aromatic heterocycles. The van der Waals surface area contributed by atoms with Crippen LogP contribution in [0.4, 0.5) is 5.95 Å². The lowest BCUT2D eigenvalue weighted by molar-refractivity contribution is 0.101. The second-order valence-electron chi connectivity index (χ2n) is 6.35. The van der Waals surface area contributed by atoms with Gasteiger partial charge >= 0.3 is 0 Å². The number of anilines is 1. The second kappa shape index (κ2) is 6.51. The second-order valence-corrected chi connectivity index (χ2v) is 6.35. The van der Waals surface area contributed by atoms with Gasteiger partial charge in [0.05, 0.1) is 11.0 Å². The summed E-state index contributed by atoms with van der Waals surface area (Å²) in [7, 11) is 0. The van der Waals surface area contributed by atoms with Crippen molar-refractivity contribution in [3.63, 3.8) is 0 Å². The van der Waals surface area contributed by atoms with Gasteiger partial charge < -0.3 is 4.57 Å². The fraction of sp³-hybridized carbons (Fsp3) is 0.333. The highest BCUT2D eigenvalue weighted by atomic mass is 16.2. The number of nitrogens with zero attached hydrogens (tertiary/aromatic N) is 3. The van der Waals surface area contributed by atoms with Crippen LogP contribution in [0, 0.1) is 0 Å². The molecule has 2 heterocycles. The van der Waals surface area contributed by atoms with Crippen LogP contribution in [0.1, 0.15) is 48.6 Å². The third kappa shape index (κ3) is 3.05. The predicted molar refractivity (Wildman–Crippen MR) is 94.7 cm³/mol. The van der Waals surface area contributed by atoms with Crippen LogP contribution in [0.25, 0.3) is 11.0 Å². The van der Waals surface area contributed by atoms with Crippen molar-refractivity contribution in [3.8, 4) is 0 Å². The molecule has 1 aliphatic carbocycles. The molecule has 0 spiro atoms. The summed E-state index contributed by atoms with van der Waals surface area (Å²) < 4.78 is 2.14. The Bertz CT molecular complexity index is 949. The van der Waals surface area contributed by atoms with E-state index in [1.165, 1.54) is 31.4 Å². The molecule has 1 fully saturated rings. The summed E-state index contributed by atoms with van der Waals surface area (Å²) in [5.74, 6) is 0.148. The van der Waals surface area contributed by atoms with Gasteiger partial charge in [-0.15, -0.1) is 0 Å². The summed E-state index contributed by atoms with van der Waals surface area (Å²) in [5, 5.41) is 8.92. The molecule has 25 heavy (non-hydrogen) atoms. The van der Waals surface area contributed by atoms with E-state index < -0.39 is 0 Å². The molecule has 0 aliphatic heterocycles. The Morgan fingerprint density at radius 1 is 1.12 bits per heavy atom. The normalized spacial score (nSPS) is 15.4. The number of aromatic amines is 1. The number of aromatic nitrogens is 4. The number of H-pyrrole nitrogens is 1. The summed E-state index contributed by atoms with van der Waals surface area (Å²) in [6.45, 7) is 0. The van der Waals surface area contributed by atoms with Crippen LogP contribution in [0.5, 0.6) is 0 Å². The molecule has 4 rings (SSSR count). The zero-order valence-corrected chi connectivity index (χ0v) is 13.7. The Hall–Kier alpha value is -2.96. The Morgan fingerprint density at radius 3 is 2.68 bits per heavy atom. The number of imidazole rings is 1. The third-order valence-corrected chi connectivity index (χ3v) is 4.67. The van der Waals surface area contributed by atoms with Gasteiger partial charge in [-0.3, -0.25) is 14.9 Å². The molecule has 1 aromatic carbocycles. The number of fused-ring (bicyclic) bond motifs is 1. The number of hydrogen-bond donors (Lipinski definition) is 2. The van der Waals surface area contributed by atoms with Gasteiger partial charge in [0, 0.05) is 12.1 Å². The Balaban J connectivity index is 1.71. The van der Waals surface area contributed by atoms with Crippen molar-refractivity contribution in [2.45, 2.75) is 38.1 Å². The van der Waals surface area contributed by atoms with Crippen molar-refractivity contribution in [2.75, 3.05) is 5.32 Å². The molecular formula is C18H19N5O2. The molecule has 3 aromatic rings. The molecule has 1 amide bonds. The van der Waals surface area contributed by atoms with Crippen LogP contribution in [-0.4, -0.2) is 25.7 Å². The molecule has 1 aliphatic rings. The monoisotopic (exact) mass is 337 g/mol. The molecule has 7 heteroatoms. The first-order valence-electron chi connectivity index (χ1n) is 8.56. The van der Waals surface area contributed by atoms with Crippen molar-refractivity contribution in [2.24, 2.45) is 0 Å². The third-order valence-electron chi connectivity index (χ3n) is 4.67. The van der Waals surface area contributed by atoms with E-state index in [0.29, 0.717) is 12.0 Å². The average molecular weight is 337 g/mol. The standard InChI is InChI=1S/C18H19N5O2/c24-16-11-10-14(21-22-16)17(25)20-18-19-13-8-4-5-9-15(13)23(18)12-6-2-1-3-7-12/h4-5,8-12H,1-3,6-7H2,(H,22,24)(H,19,20,25). The van der Waals surface area contributed by atoms with Gasteiger partial charge in [0.2, 0.25) is 5.95 Å². The Labute approximate surface area is 144 Å². The zero-order valence-electron chi connectivity index (χ0n) is 13.7. The molecule has 0 saturated heterocycles. The number of carbonyl (C=O) groups is 1. The fourth-order valence-electron chi connectivity index (χ4n) is 3.48. The van der Waals surface area contributed by atoms with Crippen molar-refractivity contribution < 1.29 is 4.79 Å². The van der Waals surface area contributed by atoms with Crippen molar-refractivity contribution in [1.82, 2.24) is 19.7 Å². The first-order valence-corrected chi connectivity index (χ1v) is 8.56. The van der Waals surface area contributed by atoms with Gasteiger partial charge in [-0.2, -0.15) is 5.10 Å². The molecule has 2 N–H and O–H groups in total. The molecule has 0 radical (unpaired) electrons. The minimum Gasteiger partial charge on any atom is -0.307 e. The van der Waals surface area contributed by atoms with Crippen LogP contribution >= 0.6 is 0 Å². The van der Waals surface area contributed by atoms with Crippen LogP contribution < -0.4 is 10.9 Å². The largest absolute Gasteiger partial charge is 0.307 e. The molecule has 0 bridgehead atoms. The van der Waals surface area contributed by atoms with Crippen molar-refractivity contribution >= 4 is 22.9 Å². The van der Waals surface area contributed by atoms with E-state index in [1.807, 2.05) is 24.3 Å². The Morgan fingerprint density at radius 2 is 1.92 bits per heavy atom. The van der Waals surface area contributed by atoms with Gasteiger partial charge in [0.1, 0.15) is 5.69 Å². The lowest BCUT2D eigenvalue weighted by Crippen LogP contribution is -2.22. The SMILES string of the molecule is O=C(Nc1nc2ccccc2n1C1CCCCC1)c1ccc(=O)[nH]n1. The van der Waals surface area contributed by atoms with Gasteiger partial charge in [-0.1, -0.05) is 31.4 Å². The first kappa shape index (κ1) is 15.6. The molecule has 7 nitrogen and oxygen atoms in total. The number of amides is 1. The highest BCUT2D eigenvalue weighted by molar-refractivity contribution is 6.02. The zero-order chi connectivity index (χ0) is 17.2. The summed E-state index contributed by atoms with van der Waals surface area (Å²) in [5.41, 5.74) is 1.70. The van der Waals surface area contributed by atoms with Crippen molar-refractivity contribution in [3.05, 3.63) is 52.4 Å². The van der Waals surface area contributed by atoms with Gasteiger partial charge in [0.25, 0.3) is 11.5 Å². The number of rotatable bonds is 3. The van der Waals surface area contributed by atoms with Gasteiger partial charge in [0.15, 0.2) is 0 Å². The van der Waals surface area contributed by atoms with Gasteiger partial charge in [-0.25, -0.2) is 10.1 Å². The molecule has 1 saturated carbocycles. The predicted octanol–water partition coefficient (Wildman–Crippen LogP) is 2.88. The van der Waals surface area contributed by atoms with E-state index in [1.54, 1.807) is 0 Å². The number of benzene rings is 1. The smallest absolute Gasteiger partial charge is 0.278 e. The summed E-state index contributed by atoms with van der Waals surface area (Å²) in [6.07, 6.45) is 5.80. The lowest BCUT2D eigenvalue weighted by Gasteiger charge is -2.25. The average Bonchev–Trinajstić information content (AvgIpc) is 3.00. The van der Waals surface area contributed by atoms with E-state index >= 15 is 0 Å². The lowest BCUT2D eigenvalue weighted by atomic mass is 9.95. The number of carbonyl (C=O) groups excluding carboxylic acids is 1. The van der Waals surface area contributed by atoms with E-state index in [4.69, 9.17) is 0 Å². The highest BCUT2D eigenvalue weighted by Crippen LogP contribution is 2.34. The van der Waals surface area contributed by atoms with Gasteiger partial charge in [-0.05, 0) is 31.0 Å². The molecular weight excluding hydrogens is 318 g/mol. The minimum absolute atomic E-state index is 0.154. The summed E-state index contributed by atoms with van der Waals surface area (Å²) in [4.78, 5) is 28.2. The minimum atomic E-state index is -0.386. The molecule has 128 valence electrons. The maximum Gasteiger partial charge on any atom is 0.278 e. The van der Waals surface area contributed by atoms with E-state index in [-0.39, 0.29) is 17.2 Å². The van der Waals surface area contributed by atoms with Crippen LogP contribution in [-0.2, 0) is 0 Å². The van der Waals surface area contributed by atoms with Crippen LogP contribution in [0.3, 0.4) is 0 Å². The maximum absolute atomic E-state index is 12.5. The Kier molecular flexibility index (Phi) is 4.05. The van der Waals surface area contributed by atoms with E-state index in [9.17, 15) is 9.59 Å². The number of para-hydroxylation sites is 2. The molecule has 0 unspecified atom stereocenters. The molecule has 0 atom stereocenters.